The fraction of sp³-hybridized carbons (Fsp3) is 0.421. The summed E-state index contributed by atoms with van der Waals surface area (Å²) in [5.41, 5.74) is 2.12. The molecule has 0 atom stereocenters. The Balaban J connectivity index is 1.54. The third-order valence-corrected chi connectivity index (χ3v) is 4.65. The first-order chi connectivity index (χ1) is 12.7. The Morgan fingerprint density at radius 3 is 2.69 bits per heavy atom. The third-order valence-electron chi connectivity index (χ3n) is 4.65. The molecule has 0 bridgehead atoms. The number of aromatic nitrogens is 2. The van der Waals surface area contributed by atoms with Crippen molar-refractivity contribution in [2.24, 2.45) is 10.9 Å². The summed E-state index contributed by atoms with van der Waals surface area (Å²) in [5.74, 6) is 0.736. The average Bonchev–Trinajstić information content (AvgIpc) is 3.18. The Kier molecular flexibility index (Phi) is 5.88. The number of methoxy groups -OCH3 is 1. The number of hydrogen-bond acceptors (Lipinski definition) is 4. The number of likely N-dealkylation sites (tertiary alicyclic amines) is 1. The maximum atomic E-state index is 11.6. The van der Waals surface area contributed by atoms with Gasteiger partial charge in [-0.25, -0.2) is 4.68 Å². The second-order valence-electron chi connectivity index (χ2n) is 6.31. The number of hydrogen-bond donors (Lipinski definition) is 1. The van der Waals surface area contributed by atoms with E-state index in [1.807, 2.05) is 47.4 Å². The van der Waals surface area contributed by atoms with E-state index in [4.69, 9.17) is 4.74 Å². The molecule has 1 aromatic carbocycles. The van der Waals surface area contributed by atoms with Gasteiger partial charge in [-0.2, -0.15) is 5.10 Å². The number of carbonyl (C=O) groups excluding carboxylic acids is 1. The highest BCUT2D eigenvalue weighted by Gasteiger charge is 2.26. The molecule has 2 heterocycles. The minimum atomic E-state index is -0.110. The van der Waals surface area contributed by atoms with Gasteiger partial charge in [0.15, 0.2) is 5.96 Å². The number of rotatable bonds is 4. The first kappa shape index (κ1) is 18.0. The normalized spacial score (nSPS) is 15.8. The first-order valence-corrected chi connectivity index (χ1v) is 8.83. The number of guanidine groups is 1. The highest BCUT2D eigenvalue weighted by molar-refractivity contribution is 5.80. The highest BCUT2D eigenvalue weighted by atomic mass is 16.5. The van der Waals surface area contributed by atoms with Crippen molar-refractivity contribution in [3.63, 3.8) is 0 Å². The van der Waals surface area contributed by atoms with Crippen molar-refractivity contribution < 1.29 is 9.53 Å². The summed E-state index contributed by atoms with van der Waals surface area (Å²) in [4.78, 5) is 18.2. The van der Waals surface area contributed by atoms with Crippen molar-refractivity contribution in [3.8, 4) is 5.69 Å². The smallest absolute Gasteiger partial charge is 0.308 e. The first-order valence-electron chi connectivity index (χ1n) is 8.83. The summed E-state index contributed by atoms with van der Waals surface area (Å²) in [7, 11) is 3.23. The number of ether oxygens (including phenoxy) is 1. The van der Waals surface area contributed by atoms with Crippen LogP contribution in [0.2, 0.25) is 0 Å². The zero-order valence-electron chi connectivity index (χ0n) is 15.3. The lowest BCUT2D eigenvalue weighted by Gasteiger charge is -2.33. The topological polar surface area (TPSA) is 71.8 Å². The molecule has 1 saturated heterocycles. The fourth-order valence-corrected chi connectivity index (χ4v) is 3.18. The highest BCUT2D eigenvalue weighted by Crippen LogP contribution is 2.18. The molecule has 1 N–H and O–H groups in total. The zero-order valence-corrected chi connectivity index (χ0v) is 15.3. The molecule has 7 nitrogen and oxygen atoms in total. The second kappa shape index (κ2) is 8.51. The maximum absolute atomic E-state index is 11.6. The molecule has 1 fully saturated rings. The van der Waals surface area contributed by atoms with Crippen LogP contribution in [-0.2, 0) is 16.1 Å². The van der Waals surface area contributed by atoms with Crippen LogP contribution >= 0.6 is 0 Å². The van der Waals surface area contributed by atoms with Crippen molar-refractivity contribution in [2.45, 2.75) is 19.4 Å². The quantitative estimate of drug-likeness (QED) is 0.515. The van der Waals surface area contributed by atoms with Gasteiger partial charge >= 0.3 is 5.97 Å². The monoisotopic (exact) mass is 355 g/mol. The molecule has 7 heteroatoms. The van der Waals surface area contributed by atoms with Crippen molar-refractivity contribution >= 4 is 11.9 Å². The average molecular weight is 355 g/mol. The van der Waals surface area contributed by atoms with Gasteiger partial charge in [0.05, 0.1) is 24.9 Å². The van der Waals surface area contributed by atoms with Gasteiger partial charge in [0.2, 0.25) is 0 Å². The molecule has 0 saturated carbocycles. The van der Waals surface area contributed by atoms with E-state index in [-0.39, 0.29) is 11.9 Å². The molecule has 26 heavy (non-hydrogen) atoms. The maximum Gasteiger partial charge on any atom is 0.308 e. The SMILES string of the molecule is CN=C(NCc1cnn(-c2ccccc2)c1)N1CCC(C(=O)OC)CC1. The van der Waals surface area contributed by atoms with Gasteiger partial charge in [-0.1, -0.05) is 18.2 Å². The molecular formula is C19H25N5O2. The largest absolute Gasteiger partial charge is 0.469 e. The van der Waals surface area contributed by atoms with Crippen LogP contribution in [0.1, 0.15) is 18.4 Å². The molecule has 1 aliphatic rings. The molecule has 1 aliphatic heterocycles. The van der Waals surface area contributed by atoms with Gasteiger partial charge in [-0.15, -0.1) is 0 Å². The summed E-state index contributed by atoms with van der Waals surface area (Å²) in [5, 5.41) is 7.80. The summed E-state index contributed by atoms with van der Waals surface area (Å²) in [6.07, 6.45) is 5.45. The Bertz CT molecular complexity index is 748. The second-order valence-corrected chi connectivity index (χ2v) is 6.31. The molecule has 3 rings (SSSR count). The molecule has 0 amide bonds. The molecule has 0 radical (unpaired) electrons. The van der Waals surface area contributed by atoms with Crippen molar-refractivity contribution in [1.82, 2.24) is 20.0 Å². The van der Waals surface area contributed by atoms with E-state index in [1.165, 1.54) is 7.11 Å². The summed E-state index contributed by atoms with van der Waals surface area (Å²) in [6, 6.07) is 10.0. The lowest BCUT2D eigenvalue weighted by Crippen LogP contribution is -2.46. The molecule has 2 aromatic rings. The van der Waals surface area contributed by atoms with Gasteiger partial charge in [-0.3, -0.25) is 9.79 Å². The Hall–Kier alpha value is -2.83. The Morgan fingerprint density at radius 2 is 2.04 bits per heavy atom. The molecule has 0 aliphatic carbocycles. The van der Waals surface area contributed by atoms with Crippen LogP contribution in [0.25, 0.3) is 5.69 Å². The minimum Gasteiger partial charge on any atom is -0.469 e. The summed E-state index contributed by atoms with van der Waals surface area (Å²) >= 11 is 0. The molecule has 1 aromatic heterocycles. The predicted octanol–water partition coefficient (Wildman–Crippen LogP) is 1.83. The summed E-state index contributed by atoms with van der Waals surface area (Å²) < 4.78 is 6.71. The van der Waals surface area contributed by atoms with E-state index in [0.29, 0.717) is 6.54 Å². The third kappa shape index (κ3) is 4.22. The van der Waals surface area contributed by atoms with E-state index in [0.717, 1.165) is 43.1 Å². The minimum absolute atomic E-state index is 0.00143. The van der Waals surface area contributed by atoms with Gasteiger partial charge in [0.25, 0.3) is 0 Å². The van der Waals surface area contributed by atoms with E-state index in [2.05, 4.69) is 20.3 Å². The van der Waals surface area contributed by atoms with Crippen LogP contribution in [-0.4, -0.2) is 53.9 Å². The van der Waals surface area contributed by atoms with Crippen molar-refractivity contribution in [2.75, 3.05) is 27.2 Å². The van der Waals surface area contributed by atoms with Crippen LogP contribution in [0.3, 0.4) is 0 Å². The molecular weight excluding hydrogens is 330 g/mol. The number of carbonyl (C=O) groups is 1. The summed E-state index contributed by atoms with van der Waals surface area (Å²) in [6.45, 7) is 2.24. The fourth-order valence-electron chi connectivity index (χ4n) is 3.18. The number of nitrogens with zero attached hydrogens (tertiary/aromatic N) is 4. The molecule has 0 unspecified atom stereocenters. The van der Waals surface area contributed by atoms with E-state index in [9.17, 15) is 4.79 Å². The lowest BCUT2D eigenvalue weighted by molar-refractivity contribution is -0.146. The molecule has 138 valence electrons. The van der Waals surface area contributed by atoms with E-state index in [1.54, 1.807) is 7.05 Å². The Morgan fingerprint density at radius 1 is 1.31 bits per heavy atom. The number of nitrogens with one attached hydrogen (secondary N) is 1. The number of piperidine rings is 1. The van der Waals surface area contributed by atoms with E-state index < -0.39 is 0 Å². The van der Waals surface area contributed by atoms with Crippen molar-refractivity contribution in [3.05, 3.63) is 48.3 Å². The van der Waals surface area contributed by atoms with Crippen LogP contribution < -0.4 is 5.32 Å². The van der Waals surface area contributed by atoms with Gasteiger partial charge < -0.3 is 15.0 Å². The van der Waals surface area contributed by atoms with Crippen LogP contribution in [0, 0.1) is 5.92 Å². The van der Waals surface area contributed by atoms with Crippen LogP contribution in [0.4, 0.5) is 0 Å². The van der Waals surface area contributed by atoms with Crippen LogP contribution in [0.15, 0.2) is 47.7 Å². The number of para-hydroxylation sites is 1. The van der Waals surface area contributed by atoms with Gasteiger partial charge in [-0.05, 0) is 25.0 Å². The van der Waals surface area contributed by atoms with Gasteiger partial charge in [0.1, 0.15) is 0 Å². The van der Waals surface area contributed by atoms with Crippen LogP contribution in [0.5, 0.6) is 0 Å². The van der Waals surface area contributed by atoms with E-state index >= 15 is 0 Å². The number of aliphatic imine (C=N–C) groups is 1. The van der Waals surface area contributed by atoms with Gasteiger partial charge in [0, 0.05) is 38.4 Å². The number of esters is 1. The van der Waals surface area contributed by atoms with Crippen molar-refractivity contribution in [1.29, 1.82) is 0 Å². The lowest BCUT2D eigenvalue weighted by atomic mass is 9.97. The number of benzene rings is 1. The molecule has 0 spiro atoms. The zero-order chi connectivity index (χ0) is 18.4. The Labute approximate surface area is 153 Å². The predicted molar refractivity (Wildman–Crippen MR) is 100 cm³/mol. The standard InChI is InChI=1S/C19H25N5O2/c1-20-19(23-10-8-16(9-11-23)18(25)26-2)21-12-15-13-22-24(14-15)17-6-4-3-5-7-17/h3-7,13-14,16H,8-12H2,1-2H3,(H,20,21).